The van der Waals surface area contributed by atoms with Crippen LogP contribution in [0.15, 0.2) is 29.2 Å². The summed E-state index contributed by atoms with van der Waals surface area (Å²) in [5.41, 5.74) is 0.267. The van der Waals surface area contributed by atoms with Crippen LogP contribution in [-0.4, -0.2) is 34.1 Å². The molecule has 0 radical (unpaired) electrons. The first-order chi connectivity index (χ1) is 9.95. The van der Waals surface area contributed by atoms with Crippen LogP contribution in [0, 0.1) is 0 Å². The van der Waals surface area contributed by atoms with Gasteiger partial charge in [-0.3, -0.25) is 4.79 Å². The highest BCUT2D eigenvalue weighted by atomic mass is 35.7. The Labute approximate surface area is 130 Å². The second-order valence-electron chi connectivity index (χ2n) is 4.54. The number of halogens is 1. The van der Waals surface area contributed by atoms with E-state index in [9.17, 15) is 13.2 Å². The minimum absolute atomic E-state index is 0.0836. The fourth-order valence-corrected chi connectivity index (χ4v) is 2.41. The molecule has 5 nitrogen and oxygen atoms in total. The summed E-state index contributed by atoms with van der Waals surface area (Å²) in [5.74, 6) is -0.328. The Morgan fingerprint density at radius 1 is 1.29 bits per heavy atom. The number of rotatable bonds is 9. The van der Waals surface area contributed by atoms with Crippen molar-refractivity contribution >= 4 is 25.6 Å². The second-order valence-corrected chi connectivity index (χ2v) is 7.11. The molecule has 0 atom stereocenters. The molecule has 0 saturated heterocycles. The van der Waals surface area contributed by atoms with Crippen molar-refractivity contribution in [3.63, 3.8) is 0 Å². The van der Waals surface area contributed by atoms with E-state index in [1.165, 1.54) is 18.2 Å². The minimum atomic E-state index is -3.82. The number of hydrogen-bond donors (Lipinski definition) is 1. The summed E-state index contributed by atoms with van der Waals surface area (Å²) < 4.78 is 27.8. The van der Waals surface area contributed by atoms with Crippen LogP contribution in [0.3, 0.4) is 0 Å². The van der Waals surface area contributed by atoms with Gasteiger partial charge in [0.1, 0.15) is 0 Å². The second kappa shape index (κ2) is 9.02. The van der Waals surface area contributed by atoms with E-state index in [0.29, 0.717) is 19.6 Å². The van der Waals surface area contributed by atoms with Crippen LogP contribution < -0.4 is 5.32 Å². The number of benzene rings is 1. The number of hydrogen-bond acceptors (Lipinski definition) is 4. The van der Waals surface area contributed by atoms with E-state index >= 15 is 0 Å². The summed E-state index contributed by atoms with van der Waals surface area (Å²) in [5, 5.41) is 2.71. The third-order valence-corrected chi connectivity index (χ3v) is 4.12. The van der Waals surface area contributed by atoms with Gasteiger partial charge in [0.15, 0.2) is 0 Å². The number of nitrogens with one attached hydrogen (secondary N) is 1. The molecule has 1 rings (SSSR count). The summed E-state index contributed by atoms with van der Waals surface area (Å²) in [7, 11) is 1.42. The lowest BCUT2D eigenvalue weighted by Gasteiger charge is -2.06. The van der Waals surface area contributed by atoms with Crippen molar-refractivity contribution in [3.05, 3.63) is 29.8 Å². The molecule has 118 valence electrons. The van der Waals surface area contributed by atoms with Crippen molar-refractivity contribution in [2.45, 2.75) is 31.1 Å². The van der Waals surface area contributed by atoms with E-state index in [4.69, 9.17) is 15.4 Å². The van der Waals surface area contributed by atoms with Crippen LogP contribution in [0.4, 0.5) is 0 Å². The predicted molar refractivity (Wildman–Crippen MR) is 82.2 cm³/mol. The summed E-state index contributed by atoms with van der Waals surface area (Å²) in [4.78, 5) is 11.8. The summed E-state index contributed by atoms with van der Waals surface area (Å²) >= 11 is 0. The molecular formula is C14H20ClNO4S. The largest absolute Gasteiger partial charge is 0.381 e. The molecule has 0 bridgehead atoms. The Hall–Kier alpha value is -1.11. The molecule has 21 heavy (non-hydrogen) atoms. The fourth-order valence-electron chi connectivity index (χ4n) is 1.62. The summed E-state index contributed by atoms with van der Waals surface area (Å²) in [6, 6.07) is 5.63. The van der Waals surface area contributed by atoms with Gasteiger partial charge in [0.05, 0.1) is 4.90 Å². The van der Waals surface area contributed by atoms with Crippen molar-refractivity contribution in [3.8, 4) is 0 Å². The maximum Gasteiger partial charge on any atom is 0.261 e. The van der Waals surface area contributed by atoms with Crippen molar-refractivity contribution in [2.75, 3.05) is 19.8 Å². The van der Waals surface area contributed by atoms with E-state index in [-0.39, 0.29) is 16.4 Å². The number of amides is 1. The summed E-state index contributed by atoms with van der Waals surface area (Å²) in [6.07, 6.45) is 2.84. The van der Waals surface area contributed by atoms with Gasteiger partial charge in [-0.15, -0.1) is 0 Å². The first-order valence-corrected chi connectivity index (χ1v) is 9.16. The molecule has 0 heterocycles. The topological polar surface area (TPSA) is 72.5 Å². The van der Waals surface area contributed by atoms with Gasteiger partial charge >= 0.3 is 0 Å². The van der Waals surface area contributed by atoms with Crippen LogP contribution in [0.25, 0.3) is 0 Å². The monoisotopic (exact) mass is 333 g/mol. The Morgan fingerprint density at radius 2 is 2.00 bits per heavy atom. The van der Waals surface area contributed by atoms with Gasteiger partial charge in [-0.05, 0) is 31.0 Å². The lowest BCUT2D eigenvalue weighted by Crippen LogP contribution is -2.25. The highest BCUT2D eigenvalue weighted by Gasteiger charge is 2.12. The number of ether oxygens (including phenoxy) is 1. The van der Waals surface area contributed by atoms with Crippen LogP contribution in [0.5, 0.6) is 0 Å². The highest BCUT2D eigenvalue weighted by molar-refractivity contribution is 8.13. The van der Waals surface area contributed by atoms with Gasteiger partial charge in [-0.2, -0.15) is 0 Å². The van der Waals surface area contributed by atoms with Gasteiger partial charge in [0, 0.05) is 36.0 Å². The number of carbonyl (C=O) groups excluding carboxylic acids is 1. The van der Waals surface area contributed by atoms with Gasteiger partial charge in [0.25, 0.3) is 15.0 Å². The Morgan fingerprint density at radius 3 is 2.67 bits per heavy atom. The van der Waals surface area contributed by atoms with Crippen LogP contribution in [-0.2, 0) is 13.8 Å². The minimum Gasteiger partial charge on any atom is -0.381 e. The molecular weight excluding hydrogens is 314 g/mol. The first kappa shape index (κ1) is 17.9. The van der Waals surface area contributed by atoms with Gasteiger partial charge < -0.3 is 10.1 Å². The van der Waals surface area contributed by atoms with E-state index in [2.05, 4.69) is 12.2 Å². The first-order valence-electron chi connectivity index (χ1n) is 6.86. The maximum absolute atomic E-state index is 11.9. The molecule has 0 aliphatic heterocycles. The smallest absolute Gasteiger partial charge is 0.261 e. The summed E-state index contributed by atoms with van der Waals surface area (Å²) in [6.45, 7) is 3.90. The average molecular weight is 334 g/mol. The van der Waals surface area contributed by atoms with Crippen LogP contribution in [0.1, 0.15) is 36.5 Å². The van der Waals surface area contributed by atoms with Crippen LogP contribution >= 0.6 is 10.7 Å². The van der Waals surface area contributed by atoms with Gasteiger partial charge in [-0.25, -0.2) is 8.42 Å². The molecule has 0 spiro atoms. The Bertz CT molecular complexity index is 560. The number of unbranched alkanes of at least 4 members (excludes halogenated alkanes) is 1. The lowest BCUT2D eigenvalue weighted by atomic mass is 10.2. The third-order valence-electron chi connectivity index (χ3n) is 2.77. The highest BCUT2D eigenvalue weighted by Crippen LogP contribution is 2.16. The molecule has 1 amide bonds. The maximum atomic E-state index is 11.9. The van der Waals surface area contributed by atoms with Crippen molar-refractivity contribution in [1.29, 1.82) is 0 Å². The molecule has 0 fully saturated rings. The molecule has 0 saturated carbocycles. The molecule has 0 aromatic heterocycles. The van der Waals surface area contributed by atoms with Crippen LogP contribution in [0.2, 0.25) is 0 Å². The van der Waals surface area contributed by atoms with Gasteiger partial charge in [-0.1, -0.05) is 19.4 Å². The standard InChI is InChI=1S/C14H20ClNO4S/c1-2-3-9-20-10-5-8-16-14(17)12-6-4-7-13(11-12)21(15,18)19/h4,6-7,11H,2-3,5,8-10H2,1H3,(H,16,17). The zero-order chi connectivity index (χ0) is 15.7. The van der Waals surface area contributed by atoms with Gasteiger partial charge in [0.2, 0.25) is 0 Å². The molecule has 0 unspecified atom stereocenters. The van der Waals surface area contributed by atoms with E-state index in [1.807, 2.05) is 0 Å². The van der Waals surface area contributed by atoms with Crippen molar-refractivity contribution in [2.24, 2.45) is 0 Å². The normalized spacial score (nSPS) is 11.3. The zero-order valence-corrected chi connectivity index (χ0v) is 13.5. The van der Waals surface area contributed by atoms with E-state index in [0.717, 1.165) is 19.4 Å². The fraction of sp³-hybridized carbons (Fsp3) is 0.500. The van der Waals surface area contributed by atoms with E-state index in [1.54, 1.807) is 6.07 Å². The van der Waals surface area contributed by atoms with Crippen molar-refractivity contribution in [1.82, 2.24) is 5.32 Å². The molecule has 0 aliphatic rings. The molecule has 1 aromatic carbocycles. The third kappa shape index (κ3) is 6.93. The SMILES string of the molecule is CCCCOCCCNC(=O)c1cccc(S(=O)(=O)Cl)c1. The Kier molecular flexibility index (Phi) is 7.71. The van der Waals surface area contributed by atoms with E-state index < -0.39 is 9.05 Å². The molecule has 0 aliphatic carbocycles. The Balaban J connectivity index is 2.39. The zero-order valence-electron chi connectivity index (χ0n) is 12.0. The average Bonchev–Trinajstić information content (AvgIpc) is 2.45. The molecule has 1 aromatic rings. The molecule has 1 N–H and O–H groups in total. The lowest BCUT2D eigenvalue weighted by molar-refractivity contribution is 0.0940. The number of carbonyl (C=O) groups is 1. The predicted octanol–water partition coefficient (Wildman–Crippen LogP) is 2.55. The quantitative estimate of drug-likeness (QED) is 0.557. The molecule has 7 heteroatoms. The van der Waals surface area contributed by atoms with Crippen molar-refractivity contribution < 1.29 is 17.9 Å².